The minimum Gasteiger partial charge on any atom is -0.494 e. The van der Waals surface area contributed by atoms with Gasteiger partial charge < -0.3 is 14.6 Å². The molecular weight excluding hydrogens is 331 g/mol. The van der Waals surface area contributed by atoms with Crippen LogP contribution in [0.3, 0.4) is 0 Å². The number of hydrogen-bond acceptors (Lipinski definition) is 3. The number of alkyl halides is 1. The lowest BCUT2D eigenvalue weighted by atomic mass is 9.78. The zero-order valence-corrected chi connectivity index (χ0v) is 15.9. The summed E-state index contributed by atoms with van der Waals surface area (Å²) in [5.41, 5.74) is 2.18. The summed E-state index contributed by atoms with van der Waals surface area (Å²) in [5.74, 6) is 1.52. The summed E-state index contributed by atoms with van der Waals surface area (Å²) in [7, 11) is 0. The second kappa shape index (κ2) is 9.58. The zero-order chi connectivity index (χ0) is 19.0. The van der Waals surface area contributed by atoms with Gasteiger partial charge in [-0.2, -0.15) is 0 Å². The maximum Gasteiger partial charge on any atom is 0.119 e. The number of hydrogen-bond donors (Lipinski definition) is 1. The Morgan fingerprint density at radius 1 is 0.923 bits per heavy atom. The number of ether oxygens (including phenoxy) is 2. The largest absolute Gasteiger partial charge is 0.494 e. The molecule has 2 aromatic carbocycles. The lowest BCUT2D eigenvalue weighted by Crippen LogP contribution is -2.19. The molecule has 0 aliphatic rings. The van der Waals surface area contributed by atoms with Crippen LogP contribution < -0.4 is 9.47 Å². The van der Waals surface area contributed by atoms with E-state index in [1.807, 2.05) is 43.3 Å². The third-order valence-corrected chi connectivity index (χ3v) is 4.61. The Labute approximate surface area is 155 Å². The maximum atomic E-state index is 12.1. The molecule has 4 heteroatoms. The smallest absolute Gasteiger partial charge is 0.119 e. The molecule has 3 nitrogen and oxygen atoms in total. The van der Waals surface area contributed by atoms with E-state index in [0.717, 1.165) is 11.5 Å². The highest BCUT2D eigenvalue weighted by atomic mass is 19.1. The van der Waals surface area contributed by atoms with Gasteiger partial charge in [0.1, 0.15) is 18.1 Å². The first kappa shape index (κ1) is 20.2. The van der Waals surface area contributed by atoms with Crippen molar-refractivity contribution in [3.8, 4) is 11.5 Å². The van der Waals surface area contributed by atoms with Gasteiger partial charge in [-0.25, -0.2) is 0 Å². The third kappa shape index (κ3) is 5.46. The molecule has 0 saturated carbocycles. The van der Waals surface area contributed by atoms with Crippen molar-refractivity contribution in [1.29, 1.82) is 0 Å². The SMILES string of the molecule is CCC(O)COc1ccc(C(C)(C)c2ccc(OCCCF)cc2)cc1. The molecule has 1 unspecified atom stereocenters. The molecule has 0 saturated heterocycles. The Balaban J connectivity index is 2.04. The van der Waals surface area contributed by atoms with E-state index in [4.69, 9.17) is 9.47 Å². The number of benzene rings is 2. The van der Waals surface area contributed by atoms with Crippen molar-refractivity contribution in [3.63, 3.8) is 0 Å². The van der Waals surface area contributed by atoms with E-state index in [1.54, 1.807) is 0 Å². The van der Waals surface area contributed by atoms with Crippen LogP contribution in [0.2, 0.25) is 0 Å². The van der Waals surface area contributed by atoms with Gasteiger partial charge in [0.05, 0.1) is 19.4 Å². The number of aliphatic hydroxyl groups excluding tert-OH is 1. The molecule has 0 aliphatic heterocycles. The molecule has 26 heavy (non-hydrogen) atoms. The van der Waals surface area contributed by atoms with Crippen LogP contribution in [0.4, 0.5) is 4.39 Å². The summed E-state index contributed by atoms with van der Waals surface area (Å²) in [6.07, 6.45) is 0.659. The van der Waals surface area contributed by atoms with Crippen molar-refractivity contribution in [2.75, 3.05) is 19.9 Å². The molecule has 0 radical (unpaired) electrons. The first-order valence-corrected chi connectivity index (χ1v) is 9.18. The number of aliphatic hydroxyl groups is 1. The Morgan fingerprint density at radius 2 is 1.42 bits per heavy atom. The van der Waals surface area contributed by atoms with Crippen LogP contribution in [0.15, 0.2) is 48.5 Å². The summed E-state index contributed by atoms with van der Waals surface area (Å²) in [4.78, 5) is 0. The minimum atomic E-state index is -0.434. The van der Waals surface area contributed by atoms with Gasteiger partial charge in [0.2, 0.25) is 0 Å². The van der Waals surface area contributed by atoms with Crippen LogP contribution in [0.25, 0.3) is 0 Å². The van der Waals surface area contributed by atoms with Crippen LogP contribution in [-0.2, 0) is 5.41 Å². The zero-order valence-electron chi connectivity index (χ0n) is 15.9. The highest BCUT2D eigenvalue weighted by Crippen LogP contribution is 2.33. The van der Waals surface area contributed by atoms with E-state index in [0.29, 0.717) is 26.1 Å². The van der Waals surface area contributed by atoms with Gasteiger partial charge in [-0.1, -0.05) is 45.0 Å². The van der Waals surface area contributed by atoms with Crippen LogP contribution in [-0.4, -0.2) is 31.1 Å². The fourth-order valence-electron chi connectivity index (χ4n) is 2.66. The third-order valence-electron chi connectivity index (χ3n) is 4.61. The topological polar surface area (TPSA) is 38.7 Å². The molecule has 0 spiro atoms. The van der Waals surface area contributed by atoms with E-state index in [1.165, 1.54) is 11.1 Å². The van der Waals surface area contributed by atoms with Crippen molar-refractivity contribution in [2.24, 2.45) is 0 Å². The first-order valence-electron chi connectivity index (χ1n) is 9.18. The van der Waals surface area contributed by atoms with Gasteiger partial charge in [-0.05, 0) is 41.8 Å². The number of rotatable bonds is 10. The average Bonchev–Trinajstić information content (AvgIpc) is 2.67. The van der Waals surface area contributed by atoms with Gasteiger partial charge >= 0.3 is 0 Å². The monoisotopic (exact) mass is 360 g/mol. The van der Waals surface area contributed by atoms with Crippen LogP contribution in [0, 0.1) is 0 Å². The van der Waals surface area contributed by atoms with Crippen LogP contribution in [0.1, 0.15) is 44.7 Å². The molecule has 0 amide bonds. The Morgan fingerprint density at radius 3 is 1.88 bits per heavy atom. The van der Waals surface area contributed by atoms with E-state index in [-0.39, 0.29) is 12.1 Å². The fraction of sp³-hybridized carbons (Fsp3) is 0.455. The normalized spacial score (nSPS) is 12.7. The van der Waals surface area contributed by atoms with Gasteiger partial charge in [-0.15, -0.1) is 0 Å². The van der Waals surface area contributed by atoms with Crippen molar-refractivity contribution in [1.82, 2.24) is 0 Å². The van der Waals surface area contributed by atoms with E-state index >= 15 is 0 Å². The van der Waals surface area contributed by atoms with E-state index in [2.05, 4.69) is 26.0 Å². The molecule has 0 aliphatic carbocycles. The van der Waals surface area contributed by atoms with E-state index < -0.39 is 6.10 Å². The second-order valence-corrected chi connectivity index (χ2v) is 6.94. The van der Waals surface area contributed by atoms with Crippen LogP contribution in [0.5, 0.6) is 11.5 Å². The molecule has 0 fully saturated rings. The first-order chi connectivity index (χ1) is 12.5. The van der Waals surface area contributed by atoms with Crippen LogP contribution >= 0.6 is 0 Å². The Hall–Kier alpha value is -2.07. The van der Waals surface area contributed by atoms with E-state index in [9.17, 15) is 9.50 Å². The van der Waals surface area contributed by atoms with Gasteiger partial charge in [0, 0.05) is 11.8 Å². The quantitative estimate of drug-likeness (QED) is 0.613. The summed E-state index contributed by atoms with van der Waals surface area (Å²) in [6.45, 7) is 6.61. The number of halogens is 1. The second-order valence-electron chi connectivity index (χ2n) is 6.94. The van der Waals surface area contributed by atoms with Crippen molar-refractivity contribution in [3.05, 3.63) is 59.7 Å². The van der Waals surface area contributed by atoms with Crippen molar-refractivity contribution < 1.29 is 19.0 Å². The maximum absolute atomic E-state index is 12.1. The Bertz CT molecular complexity index is 650. The highest BCUT2D eigenvalue weighted by molar-refractivity contribution is 5.41. The van der Waals surface area contributed by atoms with Crippen molar-refractivity contribution >= 4 is 0 Å². The lowest BCUT2D eigenvalue weighted by molar-refractivity contribution is 0.104. The summed E-state index contributed by atoms with van der Waals surface area (Å²) < 4.78 is 23.3. The molecule has 0 heterocycles. The minimum absolute atomic E-state index is 0.168. The fourth-order valence-corrected chi connectivity index (χ4v) is 2.66. The lowest BCUT2D eigenvalue weighted by Gasteiger charge is -2.26. The predicted molar refractivity (Wildman–Crippen MR) is 103 cm³/mol. The molecule has 2 rings (SSSR count). The average molecular weight is 360 g/mol. The summed E-state index contributed by atoms with van der Waals surface area (Å²) in [5, 5.41) is 9.59. The van der Waals surface area contributed by atoms with Crippen molar-refractivity contribution in [2.45, 2.75) is 45.1 Å². The summed E-state index contributed by atoms with van der Waals surface area (Å²) >= 11 is 0. The highest BCUT2D eigenvalue weighted by Gasteiger charge is 2.23. The van der Waals surface area contributed by atoms with Gasteiger partial charge in [0.15, 0.2) is 0 Å². The molecule has 1 atom stereocenters. The molecule has 2 aromatic rings. The molecule has 0 aromatic heterocycles. The van der Waals surface area contributed by atoms with Gasteiger partial charge in [0.25, 0.3) is 0 Å². The molecule has 0 bridgehead atoms. The summed E-state index contributed by atoms with van der Waals surface area (Å²) in [6, 6.07) is 15.9. The predicted octanol–water partition coefficient (Wildman–Crippen LogP) is 4.90. The van der Waals surface area contributed by atoms with Gasteiger partial charge in [-0.3, -0.25) is 4.39 Å². The molecule has 142 valence electrons. The Kier molecular flexibility index (Phi) is 7.46. The standard InChI is InChI=1S/C22H29FO3/c1-4-19(24)16-26-21-12-8-18(9-13-21)22(2,3)17-6-10-20(11-7-17)25-15-5-14-23/h6-13,19,24H,4-5,14-16H2,1-3H3. The molecule has 1 N–H and O–H groups in total. The molecular formula is C22H29FO3.